The molecule has 3 saturated heterocycles. The summed E-state index contributed by atoms with van der Waals surface area (Å²) in [5.41, 5.74) is -5.07. The summed E-state index contributed by atoms with van der Waals surface area (Å²) < 4.78 is 155. The molecule has 2 bridgehead atoms. The number of nitrogens with one attached hydrogen (secondary N) is 4. The minimum Gasteiger partial charge on any atom is -0.465 e. The van der Waals surface area contributed by atoms with Crippen molar-refractivity contribution < 1.29 is 82.8 Å². The van der Waals surface area contributed by atoms with Gasteiger partial charge in [0.25, 0.3) is 5.91 Å². The molecule has 0 aliphatic carbocycles. The quantitative estimate of drug-likeness (QED) is 0.0396. The Kier molecular flexibility index (Phi) is 18.2. The van der Waals surface area contributed by atoms with Gasteiger partial charge in [-0.15, -0.1) is 5.10 Å². The Bertz CT molecular complexity index is 2900. The fourth-order valence-corrected chi connectivity index (χ4v) is 9.41. The second kappa shape index (κ2) is 24.2. The number of carbonyl (C=O) groups excluding carboxylic acids is 3. The van der Waals surface area contributed by atoms with Gasteiger partial charge in [-0.3, -0.25) is 19.9 Å². The maximum atomic E-state index is 16.0. The average molecular weight is 1140 g/mol. The molecule has 3 aliphatic rings. The van der Waals surface area contributed by atoms with Crippen molar-refractivity contribution in [3.05, 3.63) is 88.9 Å². The number of rotatable bonds is 19. The summed E-state index contributed by atoms with van der Waals surface area (Å²) in [7, 11) is 0.806. The summed E-state index contributed by atoms with van der Waals surface area (Å²) >= 11 is 0. The molecule has 3 fully saturated rings. The first-order valence-electron chi connectivity index (χ1n) is 24.7. The minimum atomic E-state index is -5.29. The number of aliphatic hydroxyl groups is 1. The highest BCUT2D eigenvalue weighted by Gasteiger charge is 2.57. The van der Waals surface area contributed by atoms with E-state index in [2.05, 4.69) is 52.0 Å². The van der Waals surface area contributed by atoms with Gasteiger partial charge in [0.2, 0.25) is 11.9 Å². The molecule has 7 rings (SSSR count). The van der Waals surface area contributed by atoms with Crippen LogP contribution < -0.4 is 26.3 Å². The molecule has 5 heterocycles. The molecule has 80 heavy (non-hydrogen) atoms. The van der Waals surface area contributed by atoms with Gasteiger partial charge in [0.15, 0.2) is 0 Å². The lowest BCUT2D eigenvalue weighted by atomic mass is 9.82. The van der Waals surface area contributed by atoms with E-state index >= 15 is 8.78 Å². The Morgan fingerprint density at radius 3 is 1.89 bits per heavy atom. The Morgan fingerprint density at radius 1 is 0.825 bits per heavy atom. The van der Waals surface area contributed by atoms with Gasteiger partial charge in [-0.25, -0.2) is 33.3 Å². The van der Waals surface area contributed by atoms with Crippen molar-refractivity contribution in [1.82, 2.24) is 56.2 Å². The first kappa shape index (κ1) is 60.3. The Hall–Kier alpha value is -7.36. The number of halogens is 10. The van der Waals surface area contributed by atoms with Crippen LogP contribution in [0.25, 0.3) is 11.3 Å². The first-order valence-corrected chi connectivity index (χ1v) is 24.7. The summed E-state index contributed by atoms with van der Waals surface area (Å²) in [6.07, 6.45) is -10.8. The third-order valence-electron chi connectivity index (χ3n) is 14.4. The standard InChI is InChI=1S/C50H56F10N12O8/c1-47(2,49(55,56)57)39(65-46(78)79-5)41(74)63-36(14-27-9-6-26(7-10-27)8-11-28-17-61-44(62-18-28)69-19-30-12-13-31(20-69)72(30)32-24-80-25-32)38(73)23-70(67-42(75)40(64-45(76)77)48(3,4)50(58,59)60)21-33-34(51)15-29(16-35(33)52)37-22-71(43(53)54)68-66-37/h6-7,9-10,15-18,22,30-32,36,38-40,43,64,73H,12-14,19-21,23-25H2,1-5H3,(H,63,74)(H,65,78)(H,67,75)(H,76,77)/t30?,31?,36-,38-,39+,40+/m0/s1. The van der Waals surface area contributed by atoms with Crippen LogP contribution in [-0.4, -0.2) is 164 Å². The van der Waals surface area contributed by atoms with Crippen molar-refractivity contribution >= 4 is 29.9 Å². The van der Waals surface area contributed by atoms with Crippen molar-refractivity contribution in [2.75, 3.05) is 44.9 Å². The van der Waals surface area contributed by atoms with Gasteiger partial charge in [-0.2, -0.15) is 39.8 Å². The van der Waals surface area contributed by atoms with E-state index in [1.807, 2.05) is 10.7 Å². The number of carboxylic acid groups (broad SMARTS) is 1. The fourth-order valence-electron chi connectivity index (χ4n) is 9.41. The molecule has 4 amide bonds. The zero-order valence-electron chi connectivity index (χ0n) is 43.4. The number of piperazine rings is 1. The number of carbonyl (C=O) groups is 4. The second-order valence-electron chi connectivity index (χ2n) is 20.6. The van der Waals surface area contributed by atoms with Crippen LogP contribution in [0.3, 0.4) is 0 Å². The highest BCUT2D eigenvalue weighted by atomic mass is 19.4. The number of benzene rings is 2. The SMILES string of the molecule is COC(=O)N[C@H](C(=O)N[C@@H](Cc1ccc(C#Cc2cnc(N3CC4CCC(C3)N4C3COC3)nc2)cc1)[C@@H](O)CN(Cc1c(F)cc(-c2cn(C(F)F)nn2)cc1F)NC(=O)[C@@H](NC(=O)O)C(C)(C)C(F)(F)F)C(C)(C)C(F)(F)F. The highest BCUT2D eigenvalue weighted by Crippen LogP contribution is 2.42. The number of methoxy groups -OCH3 is 1. The molecule has 6 atom stereocenters. The smallest absolute Gasteiger partial charge is 0.407 e. The molecule has 3 aliphatic heterocycles. The number of alkyl carbamates (subject to hydrolysis) is 1. The predicted molar refractivity (Wildman–Crippen MR) is 261 cm³/mol. The van der Waals surface area contributed by atoms with Crippen LogP contribution in [0.1, 0.15) is 69.3 Å². The van der Waals surface area contributed by atoms with E-state index in [0.717, 1.165) is 46.3 Å². The molecule has 6 N–H and O–H groups in total. The number of alkyl halides is 8. The van der Waals surface area contributed by atoms with E-state index in [0.29, 0.717) is 86.2 Å². The number of hydrogen-bond donors (Lipinski definition) is 6. The van der Waals surface area contributed by atoms with E-state index < -0.39 is 126 Å². The van der Waals surface area contributed by atoms with Crippen LogP contribution in [0.5, 0.6) is 0 Å². The summed E-state index contributed by atoms with van der Waals surface area (Å²) in [5.74, 6) is 0.162. The van der Waals surface area contributed by atoms with Gasteiger partial charge >= 0.3 is 31.1 Å². The molecule has 2 aromatic carbocycles. The van der Waals surface area contributed by atoms with Gasteiger partial charge in [0, 0.05) is 67.3 Å². The highest BCUT2D eigenvalue weighted by molar-refractivity contribution is 5.87. The largest absolute Gasteiger partial charge is 0.465 e. The molecule has 0 radical (unpaired) electrons. The summed E-state index contributed by atoms with van der Waals surface area (Å²) in [4.78, 5) is 65.8. The number of anilines is 1. The second-order valence-corrected chi connectivity index (χ2v) is 20.6. The maximum absolute atomic E-state index is 16.0. The third kappa shape index (κ3) is 13.8. The van der Waals surface area contributed by atoms with Gasteiger partial charge in [0.05, 0.1) is 61.1 Å². The first-order chi connectivity index (χ1) is 37.5. The number of ether oxygens (including phenoxy) is 2. The van der Waals surface area contributed by atoms with E-state index in [9.17, 15) is 64.5 Å². The summed E-state index contributed by atoms with van der Waals surface area (Å²) in [6, 6.07) is 1.30. The van der Waals surface area contributed by atoms with E-state index in [-0.39, 0.29) is 10.2 Å². The van der Waals surface area contributed by atoms with Gasteiger partial charge in [-0.05, 0) is 76.8 Å². The van der Waals surface area contributed by atoms with Gasteiger partial charge in [-0.1, -0.05) is 29.2 Å². The molecule has 2 unspecified atom stereocenters. The lowest BCUT2D eigenvalue weighted by molar-refractivity contribution is -0.221. The Balaban J connectivity index is 1.18. The van der Waals surface area contributed by atoms with Crippen LogP contribution in [0.15, 0.2) is 55.0 Å². The maximum Gasteiger partial charge on any atom is 0.407 e. The molecule has 0 spiro atoms. The number of aliphatic hydroxyl groups excluding tert-OH is 1. The molecule has 20 nitrogen and oxygen atoms in total. The molecular formula is C50H56F10N12O8. The number of hydrogen-bond acceptors (Lipinski definition) is 14. The lowest BCUT2D eigenvalue weighted by Gasteiger charge is -2.47. The zero-order chi connectivity index (χ0) is 58.6. The normalized spacial score (nSPS) is 18.6. The monoisotopic (exact) mass is 1140 g/mol. The summed E-state index contributed by atoms with van der Waals surface area (Å²) in [6.45, 7) is -0.500. The number of aromatic nitrogens is 5. The number of amides is 4. The van der Waals surface area contributed by atoms with E-state index in [1.165, 1.54) is 29.6 Å². The fraction of sp³-hybridized carbons (Fsp3) is 0.520. The molecule has 2 aromatic heterocycles. The third-order valence-corrected chi connectivity index (χ3v) is 14.4. The minimum absolute atomic E-state index is 0.0745. The van der Waals surface area contributed by atoms with Crippen LogP contribution in [0.4, 0.5) is 59.4 Å². The topological polar surface area (TPSA) is 242 Å². The van der Waals surface area contributed by atoms with Crippen molar-refractivity contribution in [2.45, 2.75) is 115 Å². The predicted octanol–water partition coefficient (Wildman–Crippen LogP) is 5.32. The van der Waals surface area contributed by atoms with Crippen LogP contribution >= 0.6 is 0 Å². The molecule has 0 saturated carbocycles. The van der Waals surface area contributed by atoms with Crippen molar-refractivity contribution in [3.63, 3.8) is 0 Å². The van der Waals surface area contributed by atoms with E-state index in [1.54, 1.807) is 12.4 Å². The Morgan fingerprint density at radius 2 is 1.39 bits per heavy atom. The molecular weight excluding hydrogens is 1090 g/mol. The molecule has 4 aromatic rings. The van der Waals surface area contributed by atoms with Crippen LogP contribution in [-0.2, 0) is 32.0 Å². The van der Waals surface area contributed by atoms with E-state index in [4.69, 9.17) is 4.74 Å². The van der Waals surface area contributed by atoms with Gasteiger partial charge < -0.3 is 40.5 Å². The zero-order valence-corrected chi connectivity index (χ0v) is 43.4. The van der Waals surface area contributed by atoms with Crippen LogP contribution in [0, 0.1) is 34.3 Å². The van der Waals surface area contributed by atoms with Crippen LogP contribution in [0.2, 0.25) is 0 Å². The average Bonchev–Trinajstić information content (AvgIpc) is 3.97. The number of fused-ring (bicyclic) bond motifs is 2. The van der Waals surface area contributed by atoms with Crippen molar-refractivity contribution in [1.29, 1.82) is 0 Å². The summed E-state index contributed by atoms with van der Waals surface area (Å²) in [5, 5.41) is 34.1. The molecule has 30 heteroatoms. The lowest BCUT2D eigenvalue weighted by Crippen LogP contribution is -2.63. The van der Waals surface area contributed by atoms with Gasteiger partial charge in [0.1, 0.15) is 29.4 Å². The van der Waals surface area contributed by atoms with Crippen molar-refractivity contribution in [3.8, 4) is 23.1 Å². The number of hydrazine groups is 1. The molecule has 434 valence electrons. The Labute approximate surface area is 450 Å². The van der Waals surface area contributed by atoms with Crippen molar-refractivity contribution in [2.24, 2.45) is 10.8 Å². The number of nitrogens with zero attached hydrogens (tertiary/aromatic N) is 8.